The molecule has 3 saturated heterocycles. The Hall–Kier alpha value is -5.34. The van der Waals surface area contributed by atoms with Crippen LogP contribution in [0.4, 0.5) is 10.5 Å². The van der Waals surface area contributed by atoms with E-state index < -0.39 is 77.4 Å². The maximum atomic E-state index is 14.2. The summed E-state index contributed by atoms with van der Waals surface area (Å²) in [4.78, 5) is 93.0. The number of ether oxygens (including phenoxy) is 6. The summed E-state index contributed by atoms with van der Waals surface area (Å²) < 4.78 is 34.8. The minimum atomic E-state index is -1.85. The monoisotopic (exact) mass is 913 g/mol. The molecule has 64 heavy (non-hydrogen) atoms. The number of likely N-dealkylation sites (tertiary alicyclic amines) is 1. The summed E-state index contributed by atoms with van der Waals surface area (Å²) in [5.74, 6) is -3.50. The lowest BCUT2D eigenvalue weighted by atomic mass is 9.83. The first-order chi connectivity index (χ1) is 30.4. The Bertz CT molecular complexity index is 2090. The largest absolute Gasteiger partial charge is 0.495 e. The van der Waals surface area contributed by atoms with Gasteiger partial charge in [0.25, 0.3) is 11.8 Å². The molecule has 3 N–H and O–H groups in total. The van der Waals surface area contributed by atoms with Crippen molar-refractivity contribution in [3.63, 3.8) is 0 Å². The topological polar surface area (TPSA) is 232 Å². The minimum absolute atomic E-state index is 0.0268. The number of rotatable bonds is 13. The van der Waals surface area contributed by atoms with E-state index in [9.17, 15) is 38.7 Å². The third-order valence-corrected chi connectivity index (χ3v) is 12.6. The molecule has 4 bridgehead atoms. The summed E-state index contributed by atoms with van der Waals surface area (Å²) in [6, 6.07) is 3.56. The number of methoxy groups -OCH3 is 2. The Morgan fingerprint density at radius 1 is 1.06 bits per heavy atom. The van der Waals surface area contributed by atoms with Gasteiger partial charge in [0.1, 0.15) is 34.7 Å². The van der Waals surface area contributed by atoms with Crippen molar-refractivity contribution in [2.75, 3.05) is 65.6 Å². The van der Waals surface area contributed by atoms with Crippen LogP contribution in [-0.4, -0.2) is 153 Å². The molecule has 7 atom stereocenters. The fourth-order valence-electron chi connectivity index (χ4n) is 8.31. The molecule has 348 valence electrons. The number of aliphatic hydroxyl groups is 1. The van der Waals surface area contributed by atoms with E-state index in [1.54, 1.807) is 45.2 Å². The number of nitrogens with zero attached hydrogens (tertiary/aromatic N) is 3. The summed E-state index contributed by atoms with van der Waals surface area (Å²) in [6.45, 7) is 5.89. The number of fused-ring (bicyclic) bond motifs is 5. The molecule has 19 nitrogen and oxygen atoms in total. The average molecular weight is 914 g/mol. The summed E-state index contributed by atoms with van der Waals surface area (Å²) in [7, 11) is 4.46. The normalized spacial score (nSPS) is 29.8. The van der Waals surface area contributed by atoms with E-state index in [1.165, 1.54) is 24.0 Å². The van der Waals surface area contributed by atoms with Crippen LogP contribution in [-0.2, 0) is 58.9 Å². The summed E-state index contributed by atoms with van der Waals surface area (Å²) >= 11 is 6.78. The van der Waals surface area contributed by atoms with Gasteiger partial charge in [0.05, 0.1) is 50.9 Å². The lowest BCUT2D eigenvalue weighted by Crippen LogP contribution is -2.63. The van der Waals surface area contributed by atoms with Crippen molar-refractivity contribution < 1.29 is 67.1 Å². The fourth-order valence-corrected chi connectivity index (χ4v) is 8.62. The molecule has 5 aliphatic rings. The van der Waals surface area contributed by atoms with Crippen molar-refractivity contribution in [1.29, 1.82) is 0 Å². The second-order valence-corrected chi connectivity index (χ2v) is 17.2. The highest BCUT2D eigenvalue weighted by Gasteiger charge is 2.64. The SMILES string of the molecule is COc1cc2cc(c1Cl)N(C)C(=O)C[C@H](OC(=O)C1CN(C(=O)CCOCCNC(=O)CCN3C(=O)C=CC3=O)C1)[C@@]1(C)O[C@H]1[C@H](C)[C@@H]1C[C@@](O)(NC(=O)O1)C(OC)/C=C/C=C(\C)C2. The molecule has 1 aromatic rings. The van der Waals surface area contributed by atoms with Crippen molar-refractivity contribution in [1.82, 2.24) is 20.4 Å². The number of benzene rings is 1. The van der Waals surface area contributed by atoms with Gasteiger partial charge in [-0.3, -0.25) is 39.0 Å². The molecular weight excluding hydrogens is 858 g/mol. The molecule has 0 aromatic heterocycles. The number of allylic oxidation sites excluding steroid dienone is 3. The minimum Gasteiger partial charge on any atom is -0.495 e. The van der Waals surface area contributed by atoms with Crippen LogP contribution < -0.4 is 20.3 Å². The van der Waals surface area contributed by atoms with Crippen molar-refractivity contribution in [2.45, 2.75) is 88.6 Å². The molecule has 5 heterocycles. The molecule has 5 aliphatic heterocycles. The number of epoxide rings is 1. The Labute approximate surface area is 375 Å². The van der Waals surface area contributed by atoms with Gasteiger partial charge in [-0.25, -0.2) is 4.79 Å². The van der Waals surface area contributed by atoms with Crippen LogP contribution in [0.15, 0.2) is 48.1 Å². The zero-order valence-corrected chi connectivity index (χ0v) is 37.5. The van der Waals surface area contributed by atoms with Gasteiger partial charge in [-0.2, -0.15) is 0 Å². The molecule has 0 saturated carbocycles. The number of hydrogen-bond donors (Lipinski definition) is 3. The Morgan fingerprint density at radius 3 is 2.47 bits per heavy atom. The zero-order valence-electron chi connectivity index (χ0n) is 36.8. The number of halogens is 1. The van der Waals surface area contributed by atoms with Crippen LogP contribution in [0, 0.1) is 11.8 Å². The predicted molar refractivity (Wildman–Crippen MR) is 228 cm³/mol. The highest BCUT2D eigenvalue weighted by Crippen LogP contribution is 2.49. The van der Waals surface area contributed by atoms with Gasteiger partial charge >= 0.3 is 12.1 Å². The fraction of sp³-hybridized carbons (Fsp3) is 0.568. The molecule has 1 unspecified atom stereocenters. The molecule has 1 aromatic carbocycles. The van der Waals surface area contributed by atoms with E-state index in [4.69, 9.17) is 40.0 Å². The van der Waals surface area contributed by atoms with E-state index in [2.05, 4.69) is 10.6 Å². The quantitative estimate of drug-likeness (QED) is 0.111. The third kappa shape index (κ3) is 10.9. The molecule has 6 amide bonds. The third-order valence-electron chi connectivity index (χ3n) is 12.3. The Kier molecular flexibility index (Phi) is 15.2. The zero-order chi connectivity index (χ0) is 46.5. The first-order valence-corrected chi connectivity index (χ1v) is 21.5. The van der Waals surface area contributed by atoms with Gasteiger partial charge < -0.3 is 48.6 Å². The van der Waals surface area contributed by atoms with Gasteiger partial charge in [0.2, 0.25) is 17.7 Å². The maximum Gasteiger partial charge on any atom is 0.409 e. The number of esters is 1. The first kappa shape index (κ1) is 48.1. The van der Waals surface area contributed by atoms with E-state index >= 15 is 0 Å². The van der Waals surface area contributed by atoms with Gasteiger partial charge in [0, 0.05) is 71.2 Å². The summed E-state index contributed by atoms with van der Waals surface area (Å²) in [5.41, 5.74) is -1.01. The second kappa shape index (κ2) is 20.2. The lowest BCUT2D eigenvalue weighted by molar-refractivity contribution is -0.166. The van der Waals surface area contributed by atoms with Crippen LogP contribution in [0.5, 0.6) is 5.75 Å². The highest BCUT2D eigenvalue weighted by atomic mass is 35.5. The average Bonchev–Trinajstić information content (AvgIpc) is 3.82. The number of hydrogen-bond acceptors (Lipinski definition) is 14. The number of carbonyl (C=O) groups is 7. The number of alkyl carbamates (subject to hydrolysis) is 1. The number of carbonyl (C=O) groups excluding carboxylic acids is 7. The number of nitrogens with one attached hydrogen (secondary N) is 2. The lowest BCUT2D eigenvalue weighted by Gasteiger charge is -2.42. The van der Waals surface area contributed by atoms with Crippen LogP contribution in [0.1, 0.15) is 52.0 Å². The highest BCUT2D eigenvalue weighted by molar-refractivity contribution is 6.35. The van der Waals surface area contributed by atoms with Gasteiger partial charge in [-0.05, 0) is 38.0 Å². The number of imide groups is 1. The first-order valence-electron chi connectivity index (χ1n) is 21.1. The van der Waals surface area contributed by atoms with Gasteiger partial charge in [-0.15, -0.1) is 0 Å². The van der Waals surface area contributed by atoms with E-state index in [1.807, 2.05) is 13.0 Å². The summed E-state index contributed by atoms with van der Waals surface area (Å²) in [5, 5.41) is 17.1. The molecular formula is C44H56ClN5O14. The maximum absolute atomic E-state index is 14.2. The predicted octanol–water partition coefficient (Wildman–Crippen LogP) is 1.96. The standard InChI is InChI=1S/C44H56ClN5O14/c1-25-8-7-9-32(60-6)44(58)22-31(62-42(57)47-44)26(2)40-43(3,64-40)33(21-38(55)48(4)29-19-27(18-25)20-30(59-5)39(29)45)63-41(56)28-23-49(24-28)35(52)13-16-61-17-14-46-34(51)12-15-50-36(53)10-11-37(50)54/h7-11,19-20,26,28,31-33,40,58H,12-18,21-24H2,1-6H3,(H,46,51)(H,47,57)/b9-7+,25-8+/t26-,31+,32?,33+,40+,43-,44+/m1/s1. The molecule has 0 spiro atoms. The van der Waals surface area contributed by atoms with Crippen molar-refractivity contribution in [2.24, 2.45) is 11.8 Å². The van der Waals surface area contributed by atoms with Crippen LogP contribution in [0.3, 0.4) is 0 Å². The Balaban J connectivity index is 1.09. The molecule has 0 aliphatic carbocycles. The summed E-state index contributed by atoms with van der Waals surface area (Å²) in [6.07, 6.45) is 3.03. The van der Waals surface area contributed by atoms with Crippen molar-refractivity contribution >= 4 is 58.9 Å². The second-order valence-electron chi connectivity index (χ2n) is 16.8. The van der Waals surface area contributed by atoms with Crippen molar-refractivity contribution in [3.8, 4) is 5.75 Å². The molecule has 20 heteroatoms. The Morgan fingerprint density at radius 2 is 1.78 bits per heavy atom. The van der Waals surface area contributed by atoms with Crippen LogP contribution in [0.25, 0.3) is 0 Å². The van der Waals surface area contributed by atoms with Crippen LogP contribution >= 0.6 is 11.6 Å². The van der Waals surface area contributed by atoms with E-state index in [0.717, 1.165) is 28.2 Å². The molecule has 0 radical (unpaired) electrons. The van der Waals surface area contributed by atoms with Crippen LogP contribution in [0.2, 0.25) is 5.02 Å². The van der Waals surface area contributed by atoms with Gasteiger partial charge in [0.15, 0.2) is 5.72 Å². The van der Waals surface area contributed by atoms with Gasteiger partial charge in [-0.1, -0.05) is 42.3 Å². The molecule has 6 rings (SSSR count). The number of amides is 6. The van der Waals surface area contributed by atoms with E-state index in [-0.39, 0.29) is 81.9 Å². The number of anilines is 1. The smallest absolute Gasteiger partial charge is 0.409 e. The van der Waals surface area contributed by atoms with Crippen molar-refractivity contribution in [3.05, 3.63) is 58.7 Å². The molecule has 3 fully saturated rings. The van der Waals surface area contributed by atoms with E-state index in [0.29, 0.717) is 17.9 Å².